The molecule has 0 aliphatic rings. The van der Waals surface area contributed by atoms with Crippen LogP contribution in [-0.2, 0) is 20.9 Å². The van der Waals surface area contributed by atoms with Crippen LogP contribution in [0, 0.1) is 0 Å². The van der Waals surface area contributed by atoms with Crippen molar-refractivity contribution in [3.8, 4) is 0 Å². The van der Waals surface area contributed by atoms with Crippen LogP contribution in [0.4, 0.5) is 5.82 Å². The van der Waals surface area contributed by atoms with Crippen molar-refractivity contribution in [2.75, 3.05) is 18.5 Å². The number of primary amides is 1. The fourth-order valence-electron chi connectivity index (χ4n) is 2.26. The third-order valence-corrected chi connectivity index (χ3v) is 3.63. The Hall–Kier alpha value is -2.93. The van der Waals surface area contributed by atoms with E-state index in [0.717, 1.165) is 11.4 Å². The summed E-state index contributed by atoms with van der Waals surface area (Å²) in [5, 5.41) is 5.74. The molecule has 4 N–H and O–H groups in total. The van der Waals surface area contributed by atoms with Gasteiger partial charge in [-0.3, -0.25) is 9.59 Å². The predicted molar refractivity (Wildman–Crippen MR) is 99.2 cm³/mol. The summed E-state index contributed by atoms with van der Waals surface area (Å²) in [6.45, 7) is 1.01. The largest absolute Gasteiger partial charge is 0.374 e. The number of pyridine rings is 1. The Morgan fingerprint density at radius 1 is 1.12 bits per heavy atom. The Kier molecular flexibility index (Phi) is 8.08. The molecule has 7 heteroatoms. The average Bonchev–Trinajstić information content (AvgIpc) is 2.66. The lowest BCUT2D eigenvalue weighted by molar-refractivity contribution is -0.129. The average molecular weight is 356 g/mol. The molecular formula is C19H24N4O3. The van der Waals surface area contributed by atoms with Gasteiger partial charge in [0.1, 0.15) is 11.9 Å². The van der Waals surface area contributed by atoms with Crippen molar-refractivity contribution in [3.63, 3.8) is 0 Å². The van der Waals surface area contributed by atoms with E-state index >= 15 is 0 Å². The molecule has 1 aromatic carbocycles. The zero-order chi connectivity index (χ0) is 18.6. The van der Waals surface area contributed by atoms with E-state index < -0.39 is 11.9 Å². The number of anilines is 1. The van der Waals surface area contributed by atoms with Gasteiger partial charge in [0.2, 0.25) is 11.8 Å². The number of nitrogens with zero attached hydrogens (tertiary/aromatic N) is 1. The van der Waals surface area contributed by atoms with E-state index in [1.54, 1.807) is 6.20 Å². The van der Waals surface area contributed by atoms with E-state index in [2.05, 4.69) is 15.6 Å². The third kappa shape index (κ3) is 7.31. The molecule has 0 radical (unpaired) electrons. The Morgan fingerprint density at radius 2 is 1.88 bits per heavy atom. The number of hydrogen-bond acceptors (Lipinski definition) is 5. The van der Waals surface area contributed by atoms with Crippen LogP contribution >= 0.6 is 0 Å². The van der Waals surface area contributed by atoms with Crippen LogP contribution in [0.2, 0.25) is 0 Å². The van der Waals surface area contributed by atoms with Gasteiger partial charge in [0.25, 0.3) is 0 Å². The van der Waals surface area contributed by atoms with Gasteiger partial charge in [-0.2, -0.15) is 0 Å². The highest BCUT2D eigenvalue weighted by Gasteiger charge is 2.18. The van der Waals surface area contributed by atoms with Crippen molar-refractivity contribution in [2.24, 2.45) is 5.73 Å². The number of nitrogens with two attached hydrogens (primary N) is 1. The van der Waals surface area contributed by atoms with Gasteiger partial charge in [-0.15, -0.1) is 0 Å². The minimum absolute atomic E-state index is 0.0438. The van der Waals surface area contributed by atoms with Gasteiger partial charge in [0, 0.05) is 19.2 Å². The second-order valence-corrected chi connectivity index (χ2v) is 5.77. The minimum atomic E-state index is -0.838. The lowest BCUT2D eigenvalue weighted by Crippen LogP contribution is -2.47. The van der Waals surface area contributed by atoms with Crippen LogP contribution in [-0.4, -0.2) is 36.0 Å². The Balaban J connectivity index is 1.65. The zero-order valence-corrected chi connectivity index (χ0v) is 14.6. The predicted octanol–water partition coefficient (Wildman–Crippen LogP) is 1.46. The molecule has 0 spiro atoms. The number of benzene rings is 1. The summed E-state index contributed by atoms with van der Waals surface area (Å²) < 4.78 is 5.49. The number of carbonyl (C=O) groups is 2. The summed E-state index contributed by atoms with van der Waals surface area (Å²) in [6.07, 6.45) is 2.59. The van der Waals surface area contributed by atoms with Gasteiger partial charge >= 0.3 is 0 Å². The lowest BCUT2D eigenvalue weighted by Gasteiger charge is -2.16. The van der Waals surface area contributed by atoms with Gasteiger partial charge < -0.3 is 21.1 Å². The second kappa shape index (κ2) is 10.8. The summed E-state index contributed by atoms with van der Waals surface area (Å²) in [5.74, 6) is -0.0878. The van der Waals surface area contributed by atoms with E-state index in [1.807, 2.05) is 48.5 Å². The number of ether oxygens (including phenoxy) is 1. The van der Waals surface area contributed by atoms with Crippen molar-refractivity contribution in [1.29, 1.82) is 0 Å². The molecule has 0 aliphatic carbocycles. The fourth-order valence-corrected chi connectivity index (χ4v) is 2.26. The molecule has 0 saturated heterocycles. The topological polar surface area (TPSA) is 106 Å². The van der Waals surface area contributed by atoms with Crippen LogP contribution in [0.1, 0.15) is 18.4 Å². The molecule has 0 bridgehead atoms. The molecule has 7 nitrogen and oxygen atoms in total. The first kappa shape index (κ1) is 19.4. The highest BCUT2D eigenvalue weighted by Crippen LogP contribution is 2.02. The van der Waals surface area contributed by atoms with Crippen LogP contribution in [0.3, 0.4) is 0 Å². The first-order valence-electron chi connectivity index (χ1n) is 8.50. The van der Waals surface area contributed by atoms with E-state index in [9.17, 15) is 9.59 Å². The monoisotopic (exact) mass is 356 g/mol. The third-order valence-electron chi connectivity index (χ3n) is 3.63. The maximum Gasteiger partial charge on any atom is 0.242 e. The number of nitrogens with one attached hydrogen (secondary N) is 2. The second-order valence-electron chi connectivity index (χ2n) is 5.77. The molecule has 0 fully saturated rings. The summed E-state index contributed by atoms with van der Waals surface area (Å²) in [4.78, 5) is 27.6. The molecule has 1 atom stereocenters. The molecule has 26 heavy (non-hydrogen) atoms. The number of hydrogen-bond donors (Lipinski definition) is 3. The highest BCUT2D eigenvalue weighted by atomic mass is 16.5. The number of amides is 2. The van der Waals surface area contributed by atoms with Crippen LogP contribution in [0.5, 0.6) is 0 Å². The smallest absolute Gasteiger partial charge is 0.242 e. The van der Waals surface area contributed by atoms with Crippen molar-refractivity contribution >= 4 is 17.6 Å². The van der Waals surface area contributed by atoms with E-state index in [0.29, 0.717) is 19.6 Å². The zero-order valence-electron chi connectivity index (χ0n) is 14.6. The van der Waals surface area contributed by atoms with Crippen molar-refractivity contribution < 1.29 is 14.3 Å². The molecule has 0 aliphatic heterocycles. The lowest BCUT2D eigenvalue weighted by atomic mass is 10.2. The van der Waals surface area contributed by atoms with Gasteiger partial charge in [-0.1, -0.05) is 36.4 Å². The number of carbonyl (C=O) groups excluding carboxylic acids is 2. The number of aromatic nitrogens is 1. The van der Waals surface area contributed by atoms with Gasteiger partial charge in [0.15, 0.2) is 0 Å². The van der Waals surface area contributed by atoms with E-state index in [4.69, 9.17) is 10.5 Å². The molecule has 2 rings (SSSR count). The molecule has 1 heterocycles. The molecule has 0 unspecified atom stereocenters. The highest BCUT2D eigenvalue weighted by molar-refractivity contribution is 5.86. The maximum absolute atomic E-state index is 12.0. The van der Waals surface area contributed by atoms with E-state index in [1.165, 1.54) is 0 Å². The standard InChI is InChI=1S/C19H24N4O3/c20-19(25)16(14-26-13-15-7-2-1-3-8-15)23-18(24)10-6-12-22-17-9-4-5-11-21-17/h1-5,7-9,11,16H,6,10,12-14H2,(H2,20,25)(H,21,22)(H,23,24)/t16-/m0/s1. The Labute approximate surface area is 153 Å². The number of rotatable bonds is 11. The van der Waals surface area contributed by atoms with Gasteiger partial charge in [-0.05, 0) is 24.1 Å². The van der Waals surface area contributed by atoms with Crippen LogP contribution < -0.4 is 16.4 Å². The molecule has 2 amide bonds. The first-order valence-corrected chi connectivity index (χ1v) is 8.50. The fraction of sp³-hybridized carbons (Fsp3) is 0.316. The Bertz CT molecular complexity index is 680. The maximum atomic E-state index is 12.0. The molecule has 2 aromatic rings. The van der Waals surface area contributed by atoms with Gasteiger partial charge in [-0.25, -0.2) is 4.98 Å². The Morgan fingerprint density at radius 3 is 2.58 bits per heavy atom. The molecule has 0 saturated carbocycles. The molecule has 1 aromatic heterocycles. The van der Waals surface area contributed by atoms with Crippen LogP contribution in [0.15, 0.2) is 54.7 Å². The van der Waals surface area contributed by atoms with Crippen LogP contribution in [0.25, 0.3) is 0 Å². The van der Waals surface area contributed by atoms with Gasteiger partial charge in [0.05, 0.1) is 13.2 Å². The quantitative estimate of drug-likeness (QED) is 0.529. The normalized spacial score (nSPS) is 11.5. The summed E-state index contributed by atoms with van der Waals surface area (Å²) in [6, 6.07) is 14.3. The van der Waals surface area contributed by atoms with Crippen molar-refractivity contribution in [2.45, 2.75) is 25.5 Å². The molecular weight excluding hydrogens is 332 g/mol. The summed E-state index contributed by atoms with van der Waals surface area (Å²) in [5.41, 5.74) is 6.33. The van der Waals surface area contributed by atoms with E-state index in [-0.39, 0.29) is 18.9 Å². The minimum Gasteiger partial charge on any atom is -0.374 e. The van der Waals surface area contributed by atoms with Crippen molar-refractivity contribution in [1.82, 2.24) is 10.3 Å². The molecule has 138 valence electrons. The van der Waals surface area contributed by atoms with Crippen molar-refractivity contribution in [3.05, 3.63) is 60.3 Å². The summed E-state index contributed by atoms with van der Waals surface area (Å²) >= 11 is 0. The first-order chi connectivity index (χ1) is 12.6. The SMILES string of the molecule is NC(=O)[C@H](COCc1ccccc1)NC(=O)CCCNc1ccccn1. The summed E-state index contributed by atoms with van der Waals surface area (Å²) in [7, 11) is 0.